The maximum Gasteiger partial charge on any atom is 0.193 e. The molecule has 2 aromatic carbocycles. The van der Waals surface area contributed by atoms with Crippen LogP contribution in [0.3, 0.4) is 0 Å². The number of sulfone groups is 1. The second-order valence-electron chi connectivity index (χ2n) is 6.19. The first kappa shape index (κ1) is 22.2. The zero-order valence-electron chi connectivity index (χ0n) is 15.1. The molecule has 0 unspecified atom stereocenters. The van der Waals surface area contributed by atoms with Gasteiger partial charge >= 0.3 is 0 Å². The summed E-state index contributed by atoms with van der Waals surface area (Å²) in [7, 11) is -1.59. The average Bonchev–Trinajstić information content (AvgIpc) is 2.65. The molecule has 5 nitrogen and oxygen atoms in total. The molecule has 1 N–H and O–H groups in total. The Hall–Kier alpha value is -1.13. The summed E-state index contributed by atoms with van der Waals surface area (Å²) < 4.78 is 25.8. The molecule has 1 aliphatic rings. The normalized spacial score (nSPS) is 14.3. The number of aliphatic imine (C=N–C) groups is 1. The maximum atomic E-state index is 12.4. The SMILES string of the molecule is CN=C(NCCS(=O)(=O)c1ccc(Br)cc1)N1CCc2ccccc2C1.I. The Kier molecular flexibility index (Phi) is 8.11. The second-order valence-corrected chi connectivity index (χ2v) is 9.21. The monoisotopic (exact) mass is 563 g/mol. The van der Waals surface area contributed by atoms with Gasteiger partial charge in [-0.1, -0.05) is 40.2 Å². The lowest BCUT2D eigenvalue weighted by Crippen LogP contribution is -2.45. The van der Waals surface area contributed by atoms with Crippen LogP contribution in [0.4, 0.5) is 0 Å². The van der Waals surface area contributed by atoms with Crippen molar-refractivity contribution in [1.29, 1.82) is 0 Å². The van der Waals surface area contributed by atoms with Gasteiger partial charge in [0.05, 0.1) is 10.6 Å². The van der Waals surface area contributed by atoms with E-state index in [1.807, 2.05) is 6.07 Å². The lowest BCUT2D eigenvalue weighted by Gasteiger charge is -2.31. The molecule has 1 heterocycles. The molecule has 0 fully saturated rings. The Morgan fingerprint density at radius 1 is 1.15 bits per heavy atom. The molecular weight excluding hydrogens is 541 g/mol. The molecule has 0 saturated heterocycles. The summed E-state index contributed by atoms with van der Waals surface area (Å²) in [5.74, 6) is 0.767. The molecule has 0 radical (unpaired) electrons. The summed E-state index contributed by atoms with van der Waals surface area (Å²) in [5, 5.41) is 3.19. The minimum atomic E-state index is -3.32. The van der Waals surface area contributed by atoms with Crippen LogP contribution in [0.15, 0.2) is 62.9 Å². The largest absolute Gasteiger partial charge is 0.355 e. The Morgan fingerprint density at radius 2 is 1.81 bits per heavy atom. The van der Waals surface area contributed by atoms with Gasteiger partial charge in [-0.3, -0.25) is 4.99 Å². The maximum absolute atomic E-state index is 12.4. The molecular formula is C19H23BrIN3O2S. The van der Waals surface area contributed by atoms with Gasteiger partial charge in [0.1, 0.15) is 0 Å². The van der Waals surface area contributed by atoms with Gasteiger partial charge in [-0.2, -0.15) is 0 Å². The second kappa shape index (κ2) is 9.88. The van der Waals surface area contributed by atoms with Crippen LogP contribution in [-0.2, 0) is 22.8 Å². The zero-order chi connectivity index (χ0) is 18.6. The van der Waals surface area contributed by atoms with Crippen molar-refractivity contribution in [1.82, 2.24) is 10.2 Å². The number of hydrogen-bond acceptors (Lipinski definition) is 3. The zero-order valence-corrected chi connectivity index (χ0v) is 19.8. The molecule has 146 valence electrons. The fourth-order valence-electron chi connectivity index (χ4n) is 3.07. The van der Waals surface area contributed by atoms with Crippen molar-refractivity contribution < 1.29 is 8.42 Å². The lowest BCUT2D eigenvalue weighted by molar-refractivity contribution is 0.380. The van der Waals surface area contributed by atoms with E-state index in [-0.39, 0.29) is 29.7 Å². The Bertz CT molecular complexity index is 901. The van der Waals surface area contributed by atoms with Crippen LogP contribution >= 0.6 is 39.9 Å². The molecule has 0 saturated carbocycles. The summed E-state index contributed by atoms with van der Waals surface area (Å²) in [6.45, 7) is 1.98. The fraction of sp³-hybridized carbons (Fsp3) is 0.316. The number of benzene rings is 2. The van der Waals surface area contributed by atoms with E-state index in [4.69, 9.17) is 0 Å². The topological polar surface area (TPSA) is 61.8 Å². The van der Waals surface area contributed by atoms with Crippen molar-refractivity contribution in [2.75, 3.05) is 25.9 Å². The molecule has 0 amide bonds. The van der Waals surface area contributed by atoms with Crippen LogP contribution in [0, 0.1) is 0 Å². The van der Waals surface area contributed by atoms with Gasteiger partial charge < -0.3 is 10.2 Å². The highest BCUT2D eigenvalue weighted by atomic mass is 127. The summed E-state index contributed by atoms with van der Waals surface area (Å²) >= 11 is 3.32. The standard InChI is InChI=1S/C19H22BrN3O2S.HI/c1-21-19(23-12-10-15-4-2-3-5-16(15)14-23)22-11-13-26(24,25)18-8-6-17(20)7-9-18;/h2-9H,10-14H2,1H3,(H,21,22);1H. The van der Waals surface area contributed by atoms with Crippen LogP contribution in [0.1, 0.15) is 11.1 Å². The number of nitrogens with one attached hydrogen (secondary N) is 1. The van der Waals surface area contributed by atoms with Gasteiger partial charge in [0.15, 0.2) is 15.8 Å². The first-order valence-corrected chi connectivity index (χ1v) is 10.9. The van der Waals surface area contributed by atoms with E-state index in [9.17, 15) is 8.42 Å². The third kappa shape index (κ3) is 5.68. The van der Waals surface area contributed by atoms with Gasteiger partial charge in [-0.05, 0) is 41.8 Å². The minimum Gasteiger partial charge on any atom is -0.355 e. The van der Waals surface area contributed by atoms with E-state index in [2.05, 4.69) is 49.3 Å². The van der Waals surface area contributed by atoms with E-state index in [0.717, 1.165) is 29.9 Å². The highest BCUT2D eigenvalue weighted by molar-refractivity contribution is 14.0. The number of guanidine groups is 1. The van der Waals surface area contributed by atoms with E-state index in [1.165, 1.54) is 11.1 Å². The Balaban J connectivity index is 0.00000261. The minimum absolute atomic E-state index is 0. The summed E-state index contributed by atoms with van der Waals surface area (Å²) in [6, 6.07) is 15.1. The molecule has 3 rings (SSSR count). The number of fused-ring (bicyclic) bond motifs is 1. The van der Waals surface area contributed by atoms with E-state index in [1.54, 1.807) is 31.3 Å². The first-order chi connectivity index (χ1) is 12.5. The fourth-order valence-corrected chi connectivity index (χ4v) is 4.49. The highest BCUT2D eigenvalue weighted by Gasteiger charge is 2.19. The number of halogens is 2. The molecule has 0 atom stereocenters. The van der Waals surface area contributed by atoms with Crippen LogP contribution in [0.25, 0.3) is 0 Å². The Morgan fingerprint density at radius 3 is 2.48 bits per heavy atom. The molecule has 1 aliphatic heterocycles. The molecule has 0 aromatic heterocycles. The van der Waals surface area contributed by atoms with Crippen molar-refractivity contribution in [2.24, 2.45) is 4.99 Å². The summed E-state index contributed by atoms with van der Waals surface area (Å²) in [4.78, 5) is 6.82. The van der Waals surface area contributed by atoms with Gasteiger partial charge in [-0.15, -0.1) is 24.0 Å². The average molecular weight is 564 g/mol. The van der Waals surface area contributed by atoms with Crippen molar-refractivity contribution >= 4 is 55.7 Å². The first-order valence-electron chi connectivity index (χ1n) is 8.50. The van der Waals surface area contributed by atoms with Crippen molar-refractivity contribution in [3.63, 3.8) is 0 Å². The Labute approximate surface area is 186 Å². The van der Waals surface area contributed by atoms with Crippen LogP contribution < -0.4 is 5.32 Å². The van der Waals surface area contributed by atoms with Gasteiger partial charge in [0.25, 0.3) is 0 Å². The quantitative estimate of drug-likeness (QED) is 0.351. The van der Waals surface area contributed by atoms with Crippen molar-refractivity contribution in [2.45, 2.75) is 17.9 Å². The van der Waals surface area contributed by atoms with Crippen molar-refractivity contribution in [3.8, 4) is 0 Å². The van der Waals surface area contributed by atoms with E-state index in [0.29, 0.717) is 11.4 Å². The predicted molar refractivity (Wildman–Crippen MR) is 124 cm³/mol. The molecule has 27 heavy (non-hydrogen) atoms. The molecule has 2 aromatic rings. The number of hydrogen-bond donors (Lipinski definition) is 1. The molecule has 0 bridgehead atoms. The van der Waals surface area contributed by atoms with Gasteiger partial charge in [-0.25, -0.2) is 8.42 Å². The van der Waals surface area contributed by atoms with Crippen molar-refractivity contribution in [3.05, 3.63) is 64.1 Å². The van der Waals surface area contributed by atoms with Crippen LogP contribution in [-0.4, -0.2) is 45.2 Å². The third-order valence-electron chi connectivity index (χ3n) is 4.47. The molecule has 0 spiro atoms. The smallest absolute Gasteiger partial charge is 0.193 e. The molecule has 8 heteroatoms. The van der Waals surface area contributed by atoms with Crippen LogP contribution in [0.2, 0.25) is 0 Å². The predicted octanol–water partition coefficient (Wildman–Crippen LogP) is 3.47. The molecule has 0 aliphatic carbocycles. The van der Waals surface area contributed by atoms with E-state index >= 15 is 0 Å². The van der Waals surface area contributed by atoms with Gasteiger partial charge in [0.2, 0.25) is 0 Å². The number of nitrogens with zero attached hydrogens (tertiary/aromatic N) is 2. The van der Waals surface area contributed by atoms with E-state index < -0.39 is 9.84 Å². The highest BCUT2D eigenvalue weighted by Crippen LogP contribution is 2.19. The number of rotatable bonds is 4. The van der Waals surface area contributed by atoms with Gasteiger partial charge in [0, 0.05) is 31.2 Å². The third-order valence-corrected chi connectivity index (χ3v) is 6.73. The summed E-state index contributed by atoms with van der Waals surface area (Å²) in [5.41, 5.74) is 2.67. The lowest BCUT2D eigenvalue weighted by atomic mass is 10.0. The summed E-state index contributed by atoms with van der Waals surface area (Å²) in [6.07, 6.45) is 0.966. The van der Waals surface area contributed by atoms with Crippen LogP contribution in [0.5, 0.6) is 0 Å².